The highest BCUT2D eigenvalue weighted by Crippen LogP contribution is 2.46. The van der Waals surface area contributed by atoms with Gasteiger partial charge in [-0.3, -0.25) is 19.2 Å². The summed E-state index contributed by atoms with van der Waals surface area (Å²) in [5.74, 6) is -5.78. The van der Waals surface area contributed by atoms with Gasteiger partial charge in [0.2, 0.25) is 17.7 Å². The van der Waals surface area contributed by atoms with Gasteiger partial charge >= 0.3 is 18.1 Å². The molecule has 4 atom stereocenters. The fraction of sp³-hybridized carbons (Fsp3) is 0.618. The molecule has 2 aromatic carbocycles. The Morgan fingerprint density at radius 2 is 1.31 bits per heavy atom. The van der Waals surface area contributed by atoms with Gasteiger partial charge in [-0.2, -0.15) is 0 Å². The lowest BCUT2D eigenvalue weighted by Crippen LogP contribution is -2.54. The second-order valence-electron chi connectivity index (χ2n) is 24.7. The number of rotatable bonds is 44. The molecule has 536 valence electrons. The summed E-state index contributed by atoms with van der Waals surface area (Å²) in [6, 6.07) is 0.252. The third-order valence-electron chi connectivity index (χ3n) is 16.9. The highest BCUT2D eigenvalue weighted by atomic mass is 19.1. The van der Waals surface area contributed by atoms with Gasteiger partial charge in [0, 0.05) is 61.1 Å². The normalized spacial score (nSPS) is 16.0. The van der Waals surface area contributed by atoms with E-state index in [1.165, 1.54) is 16.7 Å². The molecule has 8 N–H and O–H groups in total. The standard InChI is InChI=1S/C68H95F3N8O18/c1-7-68(87)49-36-56-61-46(38-79(56)64(83)47(49)39-96-65(68)84)59-53(14-13-45-43(6)50(69)37-55(75-61)58(45)59)77-67(86)97-40-48-51(70)34-44(35-52(48)71)74-62(81)54(12-11-17-73-66(72)85)76-63(82)60(42(4)5)78-57(80)16-21-91-24-22-88-18-9-8-10-19-89-23-26-92-28-30-94-32-33-95-31-29-93-27-25-90-20-15-41(2)3/h34-37,41-42,53-54,60,87H,7-33,38-40H2,1-6H3,(H,74,81)(H,76,82)(H,77,86)(H,78,80)(H3,72,73,85)/t53-,54-,60-,68-/m0/s1. The number of benzene rings is 2. The van der Waals surface area contributed by atoms with Crippen molar-refractivity contribution >= 4 is 52.4 Å². The van der Waals surface area contributed by atoms with Crippen LogP contribution in [-0.4, -0.2) is 175 Å². The van der Waals surface area contributed by atoms with E-state index in [0.717, 1.165) is 44.4 Å². The van der Waals surface area contributed by atoms with Gasteiger partial charge in [-0.25, -0.2) is 32.5 Å². The smallest absolute Gasteiger partial charge is 0.407 e. The van der Waals surface area contributed by atoms with Crippen LogP contribution in [0.1, 0.15) is 137 Å². The third kappa shape index (κ3) is 22.1. The summed E-state index contributed by atoms with van der Waals surface area (Å²) in [4.78, 5) is 97.4. The number of primary amides is 1. The number of halogens is 3. The van der Waals surface area contributed by atoms with Gasteiger partial charge in [-0.05, 0) is 111 Å². The predicted molar refractivity (Wildman–Crippen MR) is 349 cm³/mol. The SMILES string of the molecule is CC[C@@]1(O)C(=O)OCc2c1cc1n(c2=O)Cc2c-1nc1cc(F)c(C)c3c1c2[C@@H](NC(=O)OCc1c(F)cc(NC(=O)[C@H](CCCNC(N)=O)NC(=O)[C@@H](NC(=O)CCOCCOCCCCCOCCOCCOCCOCCOCCOCCC(C)C)C(C)C)cc1F)CC3. The Kier molecular flexibility index (Phi) is 30.7. The Bertz CT molecular complexity index is 3370. The molecule has 0 unspecified atom stereocenters. The van der Waals surface area contributed by atoms with E-state index in [-0.39, 0.29) is 98.7 Å². The highest BCUT2D eigenvalue weighted by molar-refractivity contribution is 5.99. The molecule has 0 radical (unpaired) electrons. The number of urea groups is 1. The number of hydrogen-bond donors (Lipinski definition) is 7. The number of nitrogens with one attached hydrogen (secondary N) is 5. The number of nitrogens with two attached hydrogens (primary N) is 1. The number of pyridine rings is 2. The van der Waals surface area contributed by atoms with Crippen molar-refractivity contribution < 1.29 is 94.4 Å². The number of esters is 1. The Hall–Kier alpha value is -7.35. The van der Waals surface area contributed by atoms with Crippen LogP contribution >= 0.6 is 0 Å². The molecule has 3 aliphatic rings. The summed E-state index contributed by atoms with van der Waals surface area (Å²) in [6.07, 6.45) is 2.95. The molecule has 0 fully saturated rings. The minimum Gasteiger partial charge on any atom is -0.458 e. The van der Waals surface area contributed by atoms with Gasteiger partial charge in [-0.1, -0.05) is 34.6 Å². The van der Waals surface area contributed by atoms with E-state index in [4.69, 9.17) is 58.1 Å². The largest absolute Gasteiger partial charge is 0.458 e. The first-order chi connectivity index (χ1) is 46.6. The molecule has 0 bridgehead atoms. The number of carbonyl (C=O) groups is 6. The van der Waals surface area contributed by atoms with E-state index < -0.39 is 101 Å². The minimum atomic E-state index is -2.10. The quantitative estimate of drug-likeness (QED) is 0.0162. The van der Waals surface area contributed by atoms with Gasteiger partial charge < -0.3 is 89.4 Å². The molecule has 1 aliphatic carbocycles. The summed E-state index contributed by atoms with van der Waals surface area (Å²) < 4.78 is 104. The van der Waals surface area contributed by atoms with Crippen molar-refractivity contribution in [1.82, 2.24) is 30.8 Å². The topological polar surface area (TPSA) is 336 Å². The number of ether oxygens (including phenoxy) is 10. The second-order valence-corrected chi connectivity index (χ2v) is 24.7. The van der Waals surface area contributed by atoms with E-state index in [9.17, 15) is 38.7 Å². The molecule has 2 aliphatic heterocycles. The third-order valence-corrected chi connectivity index (χ3v) is 16.9. The molecule has 6 amide bonds. The maximum Gasteiger partial charge on any atom is 0.407 e. The molecule has 0 saturated heterocycles. The van der Waals surface area contributed by atoms with Crippen LogP contribution in [0.2, 0.25) is 0 Å². The molecule has 2 aromatic heterocycles. The van der Waals surface area contributed by atoms with E-state index in [2.05, 4.69) is 40.4 Å². The van der Waals surface area contributed by atoms with Crippen LogP contribution in [0, 0.1) is 36.2 Å². The van der Waals surface area contributed by atoms with Crippen molar-refractivity contribution in [1.29, 1.82) is 0 Å². The minimum absolute atomic E-state index is 0.0120. The predicted octanol–water partition coefficient (Wildman–Crippen LogP) is 6.47. The zero-order chi connectivity index (χ0) is 70.0. The number of unbranched alkanes of at least 4 members (excludes halogenated alkanes) is 2. The molecular weight excluding hydrogens is 1270 g/mol. The van der Waals surface area contributed by atoms with Crippen LogP contribution in [0.3, 0.4) is 0 Å². The van der Waals surface area contributed by atoms with Gasteiger partial charge in [0.1, 0.15) is 42.7 Å². The monoisotopic (exact) mass is 1370 g/mol. The van der Waals surface area contributed by atoms with Crippen LogP contribution in [0.15, 0.2) is 29.1 Å². The van der Waals surface area contributed by atoms with Crippen molar-refractivity contribution in [2.45, 2.75) is 149 Å². The first-order valence-corrected chi connectivity index (χ1v) is 33.4. The number of aliphatic hydroxyl groups is 1. The number of anilines is 1. The average molecular weight is 1370 g/mol. The molecule has 4 aromatic rings. The fourth-order valence-electron chi connectivity index (χ4n) is 11.5. The molecule has 26 nitrogen and oxygen atoms in total. The van der Waals surface area contributed by atoms with Crippen LogP contribution in [0.25, 0.3) is 22.3 Å². The summed E-state index contributed by atoms with van der Waals surface area (Å²) >= 11 is 0. The molecule has 0 spiro atoms. The number of hydrogen-bond acceptors (Lipinski definition) is 19. The van der Waals surface area contributed by atoms with E-state index in [1.807, 2.05) is 0 Å². The van der Waals surface area contributed by atoms with Gasteiger partial charge in [-0.15, -0.1) is 0 Å². The Balaban J connectivity index is 0.805. The lowest BCUT2D eigenvalue weighted by atomic mass is 9.81. The summed E-state index contributed by atoms with van der Waals surface area (Å²) in [6.45, 7) is 17.1. The molecule has 4 heterocycles. The first kappa shape index (κ1) is 77.0. The number of cyclic esters (lactones) is 1. The Morgan fingerprint density at radius 3 is 1.89 bits per heavy atom. The van der Waals surface area contributed by atoms with E-state index >= 15 is 13.2 Å². The summed E-state index contributed by atoms with van der Waals surface area (Å²) in [5, 5.41) is 24.9. The number of nitrogens with zero attached hydrogens (tertiary/aromatic N) is 2. The van der Waals surface area contributed by atoms with Crippen molar-refractivity contribution in [3.8, 4) is 11.4 Å². The van der Waals surface area contributed by atoms with Crippen molar-refractivity contribution in [3.63, 3.8) is 0 Å². The number of alkyl carbamates (subject to hydrolysis) is 1. The number of aromatic nitrogens is 2. The number of aryl methyl sites for hydroxylation is 1. The molecule has 97 heavy (non-hydrogen) atoms. The van der Waals surface area contributed by atoms with Crippen LogP contribution in [-0.2, 0) is 98.3 Å². The zero-order valence-corrected chi connectivity index (χ0v) is 56.4. The summed E-state index contributed by atoms with van der Waals surface area (Å²) in [5.41, 5.74) is 4.54. The van der Waals surface area contributed by atoms with Gasteiger partial charge in [0.15, 0.2) is 5.60 Å². The fourth-order valence-corrected chi connectivity index (χ4v) is 11.5. The van der Waals surface area contributed by atoms with Crippen LogP contribution in [0.4, 0.5) is 28.4 Å². The zero-order valence-electron chi connectivity index (χ0n) is 56.4. The van der Waals surface area contributed by atoms with E-state index in [0.29, 0.717) is 126 Å². The lowest BCUT2D eigenvalue weighted by molar-refractivity contribution is -0.172. The molecule has 7 rings (SSSR count). The highest BCUT2D eigenvalue weighted by Gasteiger charge is 2.46. The average Bonchev–Trinajstić information content (AvgIpc) is 1.61. The van der Waals surface area contributed by atoms with Crippen LogP contribution in [0.5, 0.6) is 0 Å². The molecule has 0 saturated carbocycles. The maximum atomic E-state index is 15.9. The van der Waals surface area contributed by atoms with Gasteiger partial charge in [0.05, 0.1) is 127 Å². The van der Waals surface area contributed by atoms with Crippen molar-refractivity contribution in [2.24, 2.45) is 17.6 Å². The van der Waals surface area contributed by atoms with Crippen molar-refractivity contribution in [3.05, 3.63) is 91.0 Å². The van der Waals surface area contributed by atoms with Crippen LogP contribution < -0.4 is 37.9 Å². The Morgan fingerprint density at radius 1 is 0.722 bits per heavy atom. The molecular formula is C68H95F3N8O18. The second kappa shape index (κ2) is 38.7. The summed E-state index contributed by atoms with van der Waals surface area (Å²) in [7, 11) is 0. The number of amides is 6. The van der Waals surface area contributed by atoms with Crippen molar-refractivity contribution in [2.75, 3.05) is 118 Å². The van der Waals surface area contributed by atoms with E-state index in [1.54, 1.807) is 27.7 Å². The number of carbonyl (C=O) groups excluding carboxylic acids is 6. The Labute approximate surface area is 562 Å². The first-order valence-electron chi connectivity index (χ1n) is 33.4. The van der Waals surface area contributed by atoms with Gasteiger partial charge in [0.25, 0.3) is 5.56 Å². The molecule has 29 heteroatoms. The number of fused-ring (bicyclic) bond motifs is 5. The maximum absolute atomic E-state index is 15.9. The lowest BCUT2D eigenvalue weighted by Gasteiger charge is -2.31.